The van der Waals surface area contributed by atoms with Gasteiger partial charge in [-0.15, -0.1) is 0 Å². The van der Waals surface area contributed by atoms with Crippen molar-refractivity contribution < 1.29 is 0 Å². The zero-order valence-corrected chi connectivity index (χ0v) is 23.1. The smallest absolute Gasteiger partial charge is 0.0536 e. The summed E-state index contributed by atoms with van der Waals surface area (Å²) < 4.78 is 0. The average Bonchev–Trinajstić information content (AvgIpc) is 3.00. The van der Waals surface area contributed by atoms with Crippen LogP contribution in [0.3, 0.4) is 0 Å². The Morgan fingerprint density at radius 2 is 1.13 bits per heavy atom. The maximum Gasteiger partial charge on any atom is 0.0536 e. The summed E-state index contributed by atoms with van der Waals surface area (Å²) in [5, 5.41) is 0. The highest BCUT2D eigenvalue weighted by Gasteiger charge is 2.23. The van der Waals surface area contributed by atoms with Crippen molar-refractivity contribution >= 4 is 22.6 Å². The molecule has 6 rings (SSSR count). The number of benzene rings is 3. The van der Waals surface area contributed by atoms with Crippen molar-refractivity contribution in [3.63, 3.8) is 0 Å². The molecule has 1 unspecified atom stereocenters. The predicted octanol–water partition coefficient (Wildman–Crippen LogP) is 11.2. The molecule has 0 heterocycles. The lowest BCUT2D eigenvalue weighted by atomic mass is 9.84. The summed E-state index contributed by atoms with van der Waals surface area (Å²) in [6.07, 6.45) is 21.6. The number of allylic oxidation sites excluding steroid dienone is 4. The molecule has 0 amide bonds. The fourth-order valence-electron chi connectivity index (χ4n) is 7.10. The second kappa shape index (κ2) is 11.8. The van der Waals surface area contributed by atoms with Gasteiger partial charge in [0.05, 0.1) is 5.69 Å². The highest BCUT2D eigenvalue weighted by molar-refractivity contribution is 5.87. The molecule has 196 valence electrons. The molecule has 0 aromatic heterocycles. The van der Waals surface area contributed by atoms with Gasteiger partial charge in [0, 0.05) is 16.9 Å². The van der Waals surface area contributed by atoms with E-state index in [2.05, 4.69) is 103 Å². The molecular weight excluding hydrogens is 458 g/mol. The maximum absolute atomic E-state index is 2.50. The van der Waals surface area contributed by atoms with Crippen molar-refractivity contribution in [2.45, 2.75) is 89.4 Å². The molecule has 3 aliphatic rings. The second-order valence-electron chi connectivity index (χ2n) is 11.9. The zero-order chi connectivity index (χ0) is 25.7. The largest absolute Gasteiger partial charge is 0.310 e. The summed E-state index contributed by atoms with van der Waals surface area (Å²) in [4.78, 5) is 2.50. The monoisotopic (exact) mass is 501 g/mol. The van der Waals surface area contributed by atoms with Crippen molar-refractivity contribution in [3.05, 3.63) is 108 Å². The van der Waals surface area contributed by atoms with Crippen LogP contribution in [0.5, 0.6) is 0 Å². The predicted molar refractivity (Wildman–Crippen MR) is 164 cm³/mol. The summed E-state index contributed by atoms with van der Waals surface area (Å²) in [6, 6.07) is 28.1. The van der Waals surface area contributed by atoms with Gasteiger partial charge in [0.1, 0.15) is 0 Å². The molecule has 1 atom stereocenters. The van der Waals surface area contributed by atoms with Crippen LogP contribution in [0.1, 0.15) is 106 Å². The minimum Gasteiger partial charge on any atom is -0.310 e. The van der Waals surface area contributed by atoms with Crippen molar-refractivity contribution in [3.8, 4) is 0 Å². The topological polar surface area (TPSA) is 3.24 Å². The first-order valence-electron chi connectivity index (χ1n) is 15.2. The molecule has 2 saturated carbocycles. The number of hydrogen-bond acceptors (Lipinski definition) is 1. The van der Waals surface area contributed by atoms with Crippen LogP contribution in [0.25, 0.3) is 5.57 Å². The Morgan fingerprint density at radius 1 is 0.605 bits per heavy atom. The Balaban J connectivity index is 1.40. The number of hydrogen-bond donors (Lipinski definition) is 0. The Bertz CT molecular complexity index is 1190. The fraction of sp³-hybridized carbons (Fsp3) is 0.405. The van der Waals surface area contributed by atoms with Gasteiger partial charge in [-0.2, -0.15) is 0 Å². The van der Waals surface area contributed by atoms with Gasteiger partial charge in [0.2, 0.25) is 0 Å². The summed E-state index contributed by atoms with van der Waals surface area (Å²) in [7, 11) is 0. The van der Waals surface area contributed by atoms with E-state index in [4.69, 9.17) is 0 Å². The van der Waals surface area contributed by atoms with Gasteiger partial charge >= 0.3 is 0 Å². The van der Waals surface area contributed by atoms with Crippen LogP contribution in [0.15, 0.2) is 91.0 Å². The molecule has 1 nitrogen and oxygen atoms in total. The first-order chi connectivity index (χ1) is 18.8. The van der Waals surface area contributed by atoms with Crippen molar-refractivity contribution in [2.24, 2.45) is 5.92 Å². The minimum atomic E-state index is 0.519. The normalized spacial score (nSPS) is 20.8. The average molecular weight is 502 g/mol. The van der Waals surface area contributed by atoms with Crippen LogP contribution >= 0.6 is 0 Å². The molecule has 0 saturated heterocycles. The van der Waals surface area contributed by atoms with E-state index in [1.807, 2.05) is 0 Å². The van der Waals surface area contributed by atoms with Crippen LogP contribution < -0.4 is 4.90 Å². The van der Waals surface area contributed by atoms with Gasteiger partial charge in [-0.3, -0.25) is 0 Å². The van der Waals surface area contributed by atoms with Crippen molar-refractivity contribution in [1.82, 2.24) is 0 Å². The Morgan fingerprint density at radius 3 is 1.66 bits per heavy atom. The van der Waals surface area contributed by atoms with E-state index < -0.39 is 0 Å². The third kappa shape index (κ3) is 5.39. The second-order valence-corrected chi connectivity index (χ2v) is 11.9. The van der Waals surface area contributed by atoms with Gasteiger partial charge in [-0.25, -0.2) is 0 Å². The first kappa shape index (κ1) is 25.2. The van der Waals surface area contributed by atoms with E-state index in [0.717, 1.165) is 18.3 Å². The third-order valence-corrected chi connectivity index (χ3v) is 9.34. The van der Waals surface area contributed by atoms with Gasteiger partial charge in [-0.05, 0) is 96.9 Å². The van der Waals surface area contributed by atoms with E-state index in [1.165, 1.54) is 104 Å². The lowest BCUT2D eigenvalue weighted by Gasteiger charge is -2.31. The lowest BCUT2D eigenvalue weighted by molar-refractivity contribution is 0.443. The summed E-state index contributed by atoms with van der Waals surface area (Å²) in [6.45, 7) is 2.36. The van der Waals surface area contributed by atoms with Crippen LogP contribution in [0, 0.1) is 5.92 Å². The standard InChI is InChI=1S/C37H43N/c1-28-12-8-9-17-35(28)36-18-10-11-19-37(36)38(33-24-20-31(21-25-33)29-13-4-2-5-14-29)34-26-22-32(23-27-34)30-15-6-3-7-16-30/h8-11,17-30H,2-7,12-16H2,1H3. The van der Waals surface area contributed by atoms with E-state index in [0.29, 0.717) is 5.92 Å². The van der Waals surface area contributed by atoms with Crippen molar-refractivity contribution in [2.75, 3.05) is 4.90 Å². The molecule has 3 aromatic rings. The molecule has 1 heteroatoms. The molecule has 3 aromatic carbocycles. The highest BCUT2D eigenvalue weighted by Crippen LogP contribution is 2.43. The number of para-hydroxylation sites is 1. The van der Waals surface area contributed by atoms with Crippen LogP contribution in [0.2, 0.25) is 0 Å². The molecule has 2 fully saturated rings. The molecule has 0 bridgehead atoms. The number of rotatable bonds is 6. The highest BCUT2D eigenvalue weighted by atomic mass is 15.1. The molecule has 0 N–H and O–H groups in total. The fourth-order valence-corrected chi connectivity index (χ4v) is 7.10. The maximum atomic E-state index is 2.50. The zero-order valence-electron chi connectivity index (χ0n) is 23.1. The van der Waals surface area contributed by atoms with Crippen LogP contribution in [0.4, 0.5) is 17.1 Å². The molecule has 0 radical (unpaired) electrons. The van der Waals surface area contributed by atoms with E-state index in [-0.39, 0.29) is 0 Å². The van der Waals surface area contributed by atoms with Crippen LogP contribution in [-0.4, -0.2) is 0 Å². The lowest BCUT2D eigenvalue weighted by Crippen LogP contribution is -2.14. The van der Waals surface area contributed by atoms with Gasteiger partial charge in [0.25, 0.3) is 0 Å². The van der Waals surface area contributed by atoms with Gasteiger partial charge < -0.3 is 4.90 Å². The SMILES string of the molecule is CC1CC=CC=C1c1ccccc1N(c1ccc(C2CCCCC2)cc1)c1ccc(C2CCCCC2)cc1. The number of nitrogens with zero attached hydrogens (tertiary/aromatic N) is 1. The molecule has 0 spiro atoms. The van der Waals surface area contributed by atoms with Crippen LogP contribution in [-0.2, 0) is 0 Å². The summed E-state index contributed by atoms with van der Waals surface area (Å²) >= 11 is 0. The molecule has 0 aliphatic heterocycles. The van der Waals surface area contributed by atoms with E-state index >= 15 is 0 Å². The van der Waals surface area contributed by atoms with Crippen molar-refractivity contribution in [1.29, 1.82) is 0 Å². The van der Waals surface area contributed by atoms with Gasteiger partial charge in [0.15, 0.2) is 0 Å². The Kier molecular flexibility index (Phi) is 7.81. The quantitative estimate of drug-likeness (QED) is 0.324. The summed E-state index contributed by atoms with van der Waals surface area (Å²) in [5.74, 6) is 1.98. The Labute approximate surface area is 230 Å². The molecule has 38 heavy (non-hydrogen) atoms. The van der Waals surface area contributed by atoms with E-state index in [1.54, 1.807) is 0 Å². The molecular formula is C37H43N. The Hall–Kier alpha value is -3.06. The third-order valence-electron chi connectivity index (χ3n) is 9.34. The van der Waals surface area contributed by atoms with Gasteiger partial charge in [-0.1, -0.05) is 106 Å². The number of anilines is 3. The van der Waals surface area contributed by atoms with E-state index in [9.17, 15) is 0 Å². The summed E-state index contributed by atoms with van der Waals surface area (Å²) in [5.41, 5.74) is 9.59. The minimum absolute atomic E-state index is 0.519. The first-order valence-corrected chi connectivity index (χ1v) is 15.2. The molecule has 3 aliphatic carbocycles.